The second-order valence-corrected chi connectivity index (χ2v) is 6.59. The molecule has 4 heteroatoms. The normalized spacial score (nSPS) is 16.7. The number of fused-ring (bicyclic) bond motifs is 1. The Kier molecular flexibility index (Phi) is 4.92. The van der Waals surface area contributed by atoms with Crippen molar-refractivity contribution >= 4 is 11.7 Å². The third-order valence-electron chi connectivity index (χ3n) is 5.55. The first-order valence-corrected chi connectivity index (χ1v) is 8.68. The molecule has 0 spiro atoms. The average Bonchev–Trinajstić information content (AvgIpc) is 2.55. The average molecular weight is 319 g/mol. The molecule has 23 heavy (non-hydrogen) atoms. The number of carbonyl (C=O) groups is 1. The lowest BCUT2D eigenvalue weighted by Gasteiger charge is -2.50. The maximum Gasteiger partial charge on any atom is 0.329 e. The molecule has 1 heterocycles. The van der Waals surface area contributed by atoms with Crippen molar-refractivity contribution in [2.45, 2.75) is 71.4 Å². The Bertz CT molecular complexity index is 574. The van der Waals surface area contributed by atoms with Gasteiger partial charge < -0.3 is 14.7 Å². The lowest BCUT2D eigenvalue weighted by atomic mass is 9.85. The lowest BCUT2D eigenvalue weighted by molar-refractivity contribution is -0.144. The molecule has 0 saturated carbocycles. The molecule has 128 valence electrons. The topological polar surface area (TPSA) is 49.8 Å². The summed E-state index contributed by atoms with van der Waals surface area (Å²) in [6.45, 7) is 10.8. The Labute approximate surface area is 139 Å². The van der Waals surface area contributed by atoms with E-state index in [-0.39, 0.29) is 5.60 Å². The van der Waals surface area contributed by atoms with E-state index in [0.717, 1.165) is 29.8 Å². The molecule has 0 aromatic heterocycles. The van der Waals surface area contributed by atoms with Crippen LogP contribution < -0.4 is 9.64 Å². The zero-order chi connectivity index (χ0) is 17.3. The van der Waals surface area contributed by atoms with Gasteiger partial charge in [-0.05, 0) is 50.3 Å². The van der Waals surface area contributed by atoms with Crippen LogP contribution >= 0.6 is 0 Å². The maximum atomic E-state index is 12.2. The second kappa shape index (κ2) is 6.42. The summed E-state index contributed by atoms with van der Waals surface area (Å²) in [5.74, 6) is 0.0597. The van der Waals surface area contributed by atoms with Gasteiger partial charge in [0.15, 0.2) is 0 Å². The number of nitrogens with zero attached hydrogens (tertiary/aromatic N) is 1. The molecule has 0 amide bonds. The molecule has 1 aliphatic heterocycles. The van der Waals surface area contributed by atoms with E-state index in [0.29, 0.717) is 19.4 Å². The van der Waals surface area contributed by atoms with E-state index >= 15 is 0 Å². The molecule has 0 saturated heterocycles. The molecule has 0 unspecified atom stereocenters. The highest BCUT2D eigenvalue weighted by molar-refractivity contribution is 5.85. The van der Waals surface area contributed by atoms with Crippen LogP contribution in [0, 0.1) is 6.92 Å². The third kappa shape index (κ3) is 2.79. The molecule has 4 nitrogen and oxygen atoms in total. The van der Waals surface area contributed by atoms with Crippen molar-refractivity contribution in [3.8, 4) is 5.75 Å². The number of aryl methyl sites for hydroxylation is 1. The fraction of sp³-hybridized carbons (Fsp3) is 0.632. The molecule has 0 aliphatic carbocycles. The van der Waals surface area contributed by atoms with E-state index in [1.54, 1.807) is 0 Å². The highest BCUT2D eigenvalue weighted by atomic mass is 16.5. The quantitative estimate of drug-likeness (QED) is 0.844. The van der Waals surface area contributed by atoms with E-state index in [1.165, 1.54) is 0 Å². The van der Waals surface area contributed by atoms with Crippen molar-refractivity contribution in [2.24, 2.45) is 0 Å². The minimum atomic E-state index is -0.886. The van der Waals surface area contributed by atoms with Crippen LogP contribution in [0.1, 0.15) is 58.9 Å². The van der Waals surface area contributed by atoms with Crippen molar-refractivity contribution < 1.29 is 14.6 Å². The van der Waals surface area contributed by atoms with Gasteiger partial charge in [-0.3, -0.25) is 0 Å². The number of anilines is 1. The summed E-state index contributed by atoms with van der Waals surface area (Å²) in [7, 11) is 0. The van der Waals surface area contributed by atoms with E-state index in [2.05, 4.69) is 18.7 Å². The number of rotatable bonds is 6. The third-order valence-corrected chi connectivity index (χ3v) is 5.55. The minimum absolute atomic E-state index is 0.328. The molecule has 1 aromatic rings. The van der Waals surface area contributed by atoms with Crippen LogP contribution in [0.2, 0.25) is 0 Å². The monoisotopic (exact) mass is 319 g/mol. The van der Waals surface area contributed by atoms with Crippen molar-refractivity contribution in [1.82, 2.24) is 0 Å². The predicted molar refractivity (Wildman–Crippen MR) is 93.4 cm³/mol. The molecule has 1 aliphatic rings. The van der Waals surface area contributed by atoms with Crippen LogP contribution in [-0.4, -0.2) is 28.8 Å². The molecule has 0 radical (unpaired) electrons. The molecule has 0 bridgehead atoms. The largest absolute Gasteiger partial charge is 0.483 e. The fourth-order valence-corrected chi connectivity index (χ4v) is 3.61. The molecule has 1 N–H and O–H groups in total. The molecule has 0 atom stereocenters. The highest BCUT2D eigenvalue weighted by Gasteiger charge is 2.48. The first-order chi connectivity index (χ1) is 10.9. The molecule has 2 rings (SSSR count). The molecular weight excluding hydrogens is 290 g/mol. The van der Waals surface area contributed by atoms with Gasteiger partial charge in [0.1, 0.15) is 16.9 Å². The van der Waals surface area contributed by atoms with Gasteiger partial charge in [0, 0.05) is 0 Å². The van der Waals surface area contributed by atoms with Gasteiger partial charge in [-0.1, -0.05) is 33.8 Å². The minimum Gasteiger partial charge on any atom is -0.483 e. The van der Waals surface area contributed by atoms with Crippen LogP contribution in [0.4, 0.5) is 5.69 Å². The number of hydrogen-bond donors (Lipinski definition) is 1. The Balaban J connectivity index is 2.64. The number of aliphatic carboxylic acids is 1. The van der Waals surface area contributed by atoms with Crippen LogP contribution in [0.3, 0.4) is 0 Å². The van der Waals surface area contributed by atoms with Crippen LogP contribution in [-0.2, 0) is 4.79 Å². The molecular formula is C19H29NO3. The summed E-state index contributed by atoms with van der Waals surface area (Å²) in [4.78, 5) is 14.2. The number of carboxylic acid groups (broad SMARTS) is 1. The van der Waals surface area contributed by atoms with Crippen LogP contribution in [0.5, 0.6) is 5.75 Å². The van der Waals surface area contributed by atoms with E-state index < -0.39 is 11.5 Å². The summed E-state index contributed by atoms with van der Waals surface area (Å²) >= 11 is 0. The molecule has 1 aromatic carbocycles. The Morgan fingerprint density at radius 2 is 1.87 bits per heavy atom. The van der Waals surface area contributed by atoms with Gasteiger partial charge >= 0.3 is 5.97 Å². The van der Waals surface area contributed by atoms with Crippen molar-refractivity contribution in [3.63, 3.8) is 0 Å². The summed E-state index contributed by atoms with van der Waals surface area (Å²) in [6, 6.07) is 6.06. The first-order valence-electron chi connectivity index (χ1n) is 8.68. The number of benzene rings is 1. The lowest BCUT2D eigenvalue weighted by Crippen LogP contribution is -2.62. The van der Waals surface area contributed by atoms with Gasteiger partial charge in [0.2, 0.25) is 0 Å². The van der Waals surface area contributed by atoms with Crippen molar-refractivity contribution in [3.05, 3.63) is 23.8 Å². The summed E-state index contributed by atoms with van der Waals surface area (Å²) < 4.78 is 6.36. The summed E-state index contributed by atoms with van der Waals surface area (Å²) in [6.07, 6.45) is 2.85. The number of ether oxygens (including phenoxy) is 1. The van der Waals surface area contributed by atoms with Gasteiger partial charge in [-0.15, -0.1) is 0 Å². The van der Waals surface area contributed by atoms with E-state index in [1.807, 2.05) is 39.0 Å². The maximum absolute atomic E-state index is 12.2. The first kappa shape index (κ1) is 17.6. The van der Waals surface area contributed by atoms with E-state index in [4.69, 9.17) is 4.74 Å². The van der Waals surface area contributed by atoms with Gasteiger partial charge in [-0.25, -0.2) is 4.79 Å². The Morgan fingerprint density at radius 3 is 2.35 bits per heavy atom. The zero-order valence-electron chi connectivity index (χ0n) is 15.0. The fourth-order valence-electron chi connectivity index (χ4n) is 3.61. The predicted octanol–water partition coefficient (Wildman–Crippen LogP) is 4.40. The SMILES string of the molecule is CCC1(CC)CN(C(CC)(CC)C(=O)O)c2ccc(C)cc2O1. The van der Waals surface area contributed by atoms with Crippen LogP contribution in [0.15, 0.2) is 18.2 Å². The Hall–Kier alpha value is -1.71. The summed E-state index contributed by atoms with van der Waals surface area (Å²) in [5.41, 5.74) is 0.815. The number of carboxylic acids is 1. The van der Waals surface area contributed by atoms with Gasteiger partial charge in [-0.2, -0.15) is 0 Å². The van der Waals surface area contributed by atoms with Gasteiger partial charge in [0.25, 0.3) is 0 Å². The zero-order valence-corrected chi connectivity index (χ0v) is 15.0. The van der Waals surface area contributed by atoms with Gasteiger partial charge in [0.05, 0.1) is 12.2 Å². The van der Waals surface area contributed by atoms with Crippen molar-refractivity contribution in [2.75, 3.05) is 11.4 Å². The standard InChI is InChI=1S/C19H29NO3/c1-6-18(7-2)13-20(19(8-3,9-4)17(21)22)15-11-10-14(5)12-16(15)23-18/h10-12H,6-9,13H2,1-5H3,(H,21,22). The number of hydrogen-bond acceptors (Lipinski definition) is 3. The molecule has 0 fully saturated rings. The second-order valence-electron chi connectivity index (χ2n) is 6.59. The highest BCUT2D eigenvalue weighted by Crippen LogP contribution is 2.45. The van der Waals surface area contributed by atoms with Crippen molar-refractivity contribution in [1.29, 1.82) is 0 Å². The Morgan fingerprint density at radius 1 is 1.26 bits per heavy atom. The van der Waals surface area contributed by atoms with Crippen LogP contribution in [0.25, 0.3) is 0 Å². The summed E-state index contributed by atoms with van der Waals surface area (Å²) in [5, 5.41) is 9.99. The van der Waals surface area contributed by atoms with E-state index in [9.17, 15) is 9.90 Å². The smallest absolute Gasteiger partial charge is 0.329 e.